The fourth-order valence-electron chi connectivity index (χ4n) is 2.29. The van der Waals surface area contributed by atoms with Crippen molar-refractivity contribution in [2.45, 2.75) is 25.3 Å². The van der Waals surface area contributed by atoms with E-state index in [2.05, 4.69) is 29.2 Å². The minimum Gasteiger partial charge on any atom is -0.381 e. The summed E-state index contributed by atoms with van der Waals surface area (Å²) >= 11 is 1.79. The molecule has 1 aromatic heterocycles. The van der Waals surface area contributed by atoms with Gasteiger partial charge in [0.15, 0.2) is 0 Å². The predicted molar refractivity (Wildman–Crippen MR) is 64.4 cm³/mol. The summed E-state index contributed by atoms with van der Waals surface area (Å²) in [5, 5.41) is 7.87. The lowest BCUT2D eigenvalue weighted by atomic mass is 9.88. The van der Waals surface area contributed by atoms with Crippen molar-refractivity contribution in [1.82, 2.24) is 5.32 Å². The Kier molecular flexibility index (Phi) is 4.18. The molecule has 0 saturated carbocycles. The van der Waals surface area contributed by atoms with Crippen molar-refractivity contribution in [3.05, 3.63) is 22.4 Å². The second-order valence-electron chi connectivity index (χ2n) is 4.18. The molecule has 2 rings (SSSR count). The van der Waals surface area contributed by atoms with Crippen molar-refractivity contribution < 1.29 is 4.74 Å². The van der Waals surface area contributed by atoms with Gasteiger partial charge in [-0.1, -0.05) is 0 Å². The maximum absolute atomic E-state index is 5.40. The van der Waals surface area contributed by atoms with Gasteiger partial charge in [0.1, 0.15) is 0 Å². The average Bonchev–Trinajstić information content (AvgIpc) is 2.80. The normalized spacial score (nSPS) is 20.3. The van der Waals surface area contributed by atoms with Crippen LogP contribution in [0, 0.1) is 5.92 Å². The minimum atomic E-state index is 0.614. The van der Waals surface area contributed by atoms with Crippen LogP contribution in [0.3, 0.4) is 0 Å². The fourth-order valence-corrected chi connectivity index (χ4v) is 2.97. The molecule has 1 N–H and O–H groups in total. The van der Waals surface area contributed by atoms with E-state index in [0.29, 0.717) is 6.04 Å². The zero-order valence-electron chi connectivity index (χ0n) is 9.24. The highest BCUT2D eigenvalue weighted by Gasteiger charge is 2.22. The molecule has 15 heavy (non-hydrogen) atoms. The number of likely N-dealkylation sites (N-methyl/N-ethyl adjacent to an activating group) is 1. The lowest BCUT2D eigenvalue weighted by Gasteiger charge is -2.30. The molecular formula is C12H19NOS. The Morgan fingerprint density at radius 1 is 1.53 bits per heavy atom. The molecule has 84 valence electrons. The van der Waals surface area contributed by atoms with Crippen LogP contribution in [0.15, 0.2) is 16.8 Å². The Hall–Kier alpha value is -0.380. The summed E-state index contributed by atoms with van der Waals surface area (Å²) in [7, 11) is 2.08. The largest absolute Gasteiger partial charge is 0.381 e. The molecule has 1 aliphatic heterocycles. The zero-order chi connectivity index (χ0) is 10.5. The highest BCUT2D eigenvalue weighted by Crippen LogP contribution is 2.22. The Morgan fingerprint density at radius 2 is 2.33 bits per heavy atom. The molecule has 1 aliphatic rings. The first-order valence-corrected chi connectivity index (χ1v) is 6.60. The number of hydrogen-bond donors (Lipinski definition) is 1. The first-order valence-electron chi connectivity index (χ1n) is 5.66. The van der Waals surface area contributed by atoms with E-state index in [4.69, 9.17) is 4.74 Å². The molecule has 1 unspecified atom stereocenters. The summed E-state index contributed by atoms with van der Waals surface area (Å²) in [6, 6.07) is 2.84. The van der Waals surface area contributed by atoms with Crippen molar-refractivity contribution in [1.29, 1.82) is 0 Å². The predicted octanol–water partition coefficient (Wildman–Crippen LogP) is 2.31. The monoisotopic (exact) mass is 225 g/mol. The van der Waals surface area contributed by atoms with Gasteiger partial charge in [-0.3, -0.25) is 0 Å². The highest BCUT2D eigenvalue weighted by molar-refractivity contribution is 7.07. The maximum Gasteiger partial charge on any atom is 0.0469 e. The molecule has 0 radical (unpaired) electrons. The van der Waals surface area contributed by atoms with Crippen molar-refractivity contribution in [2.75, 3.05) is 20.3 Å². The van der Waals surface area contributed by atoms with Gasteiger partial charge in [0.25, 0.3) is 0 Å². The van der Waals surface area contributed by atoms with Gasteiger partial charge in [-0.15, -0.1) is 0 Å². The van der Waals surface area contributed by atoms with Gasteiger partial charge in [-0.25, -0.2) is 0 Å². The van der Waals surface area contributed by atoms with Crippen molar-refractivity contribution in [3.8, 4) is 0 Å². The third kappa shape index (κ3) is 3.03. The summed E-state index contributed by atoms with van der Waals surface area (Å²) in [5.41, 5.74) is 1.46. The van der Waals surface area contributed by atoms with Crippen LogP contribution < -0.4 is 5.32 Å². The first kappa shape index (κ1) is 11.1. The van der Waals surface area contributed by atoms with Crippen LogP contribution >= 0.6 is 11.3 Å². The molecule has 0 aliphatic carbocycles. The molecule has 1 saturated heterocycles. The van der Waals surface area contributed by atoms with Crippen LogP contribution in [0.2, 0.25) is 0 Å². The van der Waals surface area contributed by atoms with E-state index in [1.807, 2.05) is 0 Å². The Bertz CT molecular complexity index is 267. The quantitative estimate of drug-likeness (QED) is 0.849. The van der Waals surface area contributed by atoms with Crippen LogP contribution in [0.4, 0.5) is 0 Å². The molecule has 0 bridgehead atoms. The average molecular weight is 225 g/mol. The fraction of sp³-hybridized carbons (Fsp3) is 0.667. The number of hydrogen-bond acceptors (Lipinski definition) is 3. The second-order valence-corrected chi connectivity index (χ2v) is 4.96. The van der Waals surface area contributed by atoms with Gasteiger partial charge < -0.3 is 10.1 Å². The molecule has 2 heterocycles. The molecule has 0 spiro atoms. The van der Waals surface area contributed by atoms with E-state index in [0.717, 1.165) is 25.6 Å². The summed E-state index contributed by atoms with van der Waals surface area (Å²) in [6.07, 6.45) is 3.57. The summed E-state index contributed by atoms with van der Waals surface area (Å²) in [5.74, 6) is 0.781. The number of rotatable bonds is 4. The van der Waals surface area contributed by atoms with E-state index < -0.39 is 0 Å². The molecule has 2 nitrogen and oxygen atoms in total. The maximum atomic E-state index is 5.40. The van der Waals surface area contributed by atoms with E-state index in [1.54, 1.807) is 11.3 Å². The van der Waals surface area contributed by atoms with Gasteiger partial charge >= 0.3 is 0 Å². The molecule has 1 fully saturated rings. The van der Waals surface area contributed by atoms with Gasteiger partial charge in [0.2, 0.25) is 0 Å². The smallest absolute Gasteiger partial charge is 0.0469 e. The molecule has 0 aromatic carbocycles. The van der Waals surface area contributed by atoms with E-state index in [-0.39, 0.29) is 0 Å². The zero-order valence-corrected chi connectivity index (χ0v) is 10.1. The van der Waals surface area contributed by atoms with Gasteiger partial charge in [0.05, 0.1) is 0 Å². The van der Waals surface area contributed by atoms with Crippen molar-refractivity contribution >= 4 is 11.3 Å². The summed E-state index contributed by atoms with van der Waals surface area (Å²) in [6.45, 7) is 1.87. The van der Waals surface area contributed by atoms with Crippen LogP contribution in [0.25, 0.3) is 0 Å². The SMILES string of the molecule is CNC(Cc1ccsc1)C1CCOCC1. The number of thiophene rings is 1. The van der Waals surface area contributed by atoms with Crippen LogP contribution in [0.5, 0.6) is 0 Å². The summed E-state index contributed by atoms with van der Waals surface area (Å²) in [4.78, 5) is 0. The Balaban J connectivity index is 1.91. The lowest BCUT2D eigenvalue weighted by Crippen LogP contribution is -2.38. The number of nitrogens with one attached hydrogen (secondary N) is 1. The third-order valence-corrected chi connectivity index (χ3v) is 3.97. The molecular weight excluding hydrogens is 206 g/mol. The topological polar surface area (TPSA) is 21.3 Å². The summed E-state index contributed by atoms with van der Waals surface area (Å²) < 4.78 is 5.40. The first-order chi connectivity index (χ1) is 7.40. The van der Waals surface area contributed by atoms with Gasteiger partial charge in [-0.05, 0) is 54.6 Å². The highest BCUT2D eigenvalue weighted by atomic mass is 32.1. The van der Waals surface area contributed by atoms with Crippen LogP contribution in [-0.2, 0) is 11.2 Å². The number of ether oxygens (including phenoxy) is 1. The van der Waals surface area contributed by atoms with Gasteiger partial charge in [0, 0.05) is 19.3 Å². The Labute approximate surface area is 95.6 Å². The Morgan fingerprint density at radius 3 is 2.93 bits per heavy atom. The van der Waals surface area contributed by atoms with E-state index in [1.165, 1.54) is 18.4 Å². The standard InChI is InChI=1S/C12H19NOS/c1-13-12(8-10-4-7-15-9-10)11-2-5-14-6-3-11/h4,7,9,11-13H,2-3,5-6,8H2,1H3. The van der Waals surface area contributed by atoms with Gasteiger partial charge in [-0.2, -0.15) is 11.3 Å². The van der Waals surface area contributed by atoms with Crippen molar-refractivity contribution in [3.63, 3.8) is 0 Å². The van der Waals surface area contributed by atoms with Crippen molar-refractivity contribution in [2.24, 2.45) is 5.92 Å². The molecule has 0 amide bonds. The minimum absolute atomic E-state index is 0.614. The molecule has 1 aromatic rings. The third-order valence-electron chi connectivity index (χ3n) is 3.24. The van der Waals surface area contributed by atoms with E-state index >= 15 is 0 Å². The molecule has 3 heteroatoms. The van der Waals surface area contributed by atoms with Crippen LogP contribution in [-0.4, -0.2) is 26.3 Å². The van der Waals surface area contributed by atoms with Crippen LogP contribution in [0.1, 0.15) is 18.4 Å². The second kappa shape index (κ2) is 5.64. The molecule has 1 atom stereocenters. The van der Waals surface area contributed by atoms with E-state index in [9.17, 15) is 0 Å². The lowest BCUT2D eigenvalue weighted by molar-refractivity contribution is 0.0548.